The Hall–Kier alpha value is -1.40. The van der Waals surface area contributed by atoms with Crippen LogP contribution in [0.4, 0.5) is 0 Å². The number of rotatable bonds is 6. The maximum Gasteiger partial charge on any atom is 0.347 e. The molecule has 0 heterocycles. The molecule has 0 radical (unpaired) electrons. The fourth-order valence-electron chi connectivity index (χ4n) is 0.623. The number of methoxy groups -OCH3 is 2. The zero-order chi connectivity index (χ0) is 12.7. The van der Waals surface area contributed by atoms with Crippen molar-refractivity contribution in [1.82, 2.24) is 0 Å². The second-order valence-electron chi connectivity index (χ2n) is 2.90. The summed E-state index contributed by atoms with van der Waals surface area (Å²) in [6.45, 7) is 6.29. The molecular formula is C10H16O6. The molecule has 2 atom stereocenters. The molecule has 16 heavy (non-hydrogen) atoms. The first-order chi connectivity index (χ1) is 7.42. The molecule has 0 aliphatic carbocycles. The lowest BCUT2D eigenvalue weighted by molar-refractivity contribution is -0.173. The molecule has 0 N–H and O–H groups in total. The zero-order valence-corrected chi connectivity index (χ0v) is 9.81. The van der Waals surface area contributed by atoms with Crippen LogP contribution in [0.3, 0.4) is 0 Å². The Labute approximate surface area is 94.1 Å². The summed E-state index contributed by atoms with van der Waals surface area (Å²) in [6, 6.07) is 0. The van der Waals surface area contributed by atoms with Crippen LogP contribution in [0.5, 0.6) is 0 Å². The van der Waals surface area contributed by atoms with E-state index in [0.717, 1.165) is 0 Å². The lowest BCUT2D eigenvalue weighted by atomic mass is 10.3. The van der Waals surface area contributed by atoms with Gasteiger partial charge in [-0.15, -0.1) is 0 Å². The fourth-order valence-corrected chi connectivity index (χ4v) is 0.623. The normalized spacial score (nSPS) is 13.8. The molecule has 0 aliphatic heterocycles. The van der Waals surface area contributed by atoms with Crippen molar-refractivity contribution in [1.29, 1.82) is 0 Å². The van der Waals surface area contributed by atoms with Crippen LogP contribution in [0.25, 0.3) is 0 Å². The quantitative estimate of drug-likeness (QED) is 0.220. The van der Waals surface area contributed by atoms with Crippen molar-refractivity contribution in [2.45, 2.75) is 26.4 Å². The molecule has 2 unspecified atom stereocenters. The van der Waals surface area contributed by atoms with Crippen LogP contribution in [0.2, 0.25) is 0 Å². The van der Waals surface area contributed by atoms with Crippen LogP contribution in [0.1, 0.15) is 13.8 Å². The van der Waals surface area contributed by atoms with Crippen LogP contribution in [0, 0.1) is 0 Å². The highest BCUT2D eigenvalue weighted by atomic mass is 16.7. The molecule has 92 valence electrons. The van der Waals surface area contributed by atoms with Crippen LogP contribution in [-0.4, -0.2) is 38.7 Å². The first kappa shape index (κ1) is 14.6. The van der Waals surface area contributed by atoms with Crippen molar-refractivity contribution in [2.24, 2.45) is 0 Å². The van der Waals surface area contributed by atoms with Gasteiger partial charge in [0.15, 0.2) is 12.6 Å². The third-order valence-corrected chi connectivity index (χ3v) is 1.70. The van der Waals surface area contributed by atoms with E-state index in [4.69, 9.17) is 18.9 Å². The van der Waals surface area contributed by atoms with Crippen molar-refractivity contribution in [3.8, 4) is 0 Å². The van der Waals surface area contributed by atoms with Crippen LogP contribution >= 0.6 is 0 Å². The molecule has 0 spiro atoms. The van der Waals surface area contributed by atoms with Gasteiger partial charge in [0.2, 0.25) is 0 Å². The first-order valence-corrected chi connectivity index (χ1v) is 4.58. The van der Waals surface area contributed by atoms with Crippen LogP contribution in [-0.2, 0) is 28.5 Å². The highest BCUT2D eigenvalue weighted by Gasteiger charge is 2.22. The first-order valence-electron chi connectivity index (χ1n) is 4.58. The minimum atomic E-state index is -0.886. The summed E-state index contributed by atoms with van der Waals surface area (Å²) in [5.74, 6) is -1.77. The number of carbonyl (C=O) groups excluding carboxylic acids is 2. The third kappa shape index (κ3) is 4.90. The Bertz CT molecular complexity index is 246. The van der Waals surface area contributed by atoms with E-state index in [1.54, 1.807) is 0 Å². The predicted molar refractivity (Wildman–Crippen MR) is 54.3 cm³/mol. The van der Waals surface area contributed by atoms with E-state index < -0.39 is 30.1 Å². The van der Waals surface area contributed by atoms with E-state index in [2.05, 4.69) is 6.58 Å². The summed E-state index contributed by atoms with van der Waals surface area (Å²) in [6.07, 6.45) is -1.51. The molecule has 0 saturated heterocycles. The molecule has 0 aromatic rings. The number of carbonyl (C=O) groups is 2. The maximum atomic E-state index is 11.3. The summed E-state index contributed by atoms with van der Waals surface area (Å²) in [5.41, 5.74) is -0.409. The zero-order valence-electron chi connectivity index (χ0n) is 9.81. The molecule has 0 saturated carbocycles. The molecule has 6 heteroatoms. The van der Waals surface area contributed by atoms with Crippen molar-refractivity contribution in [3.05, 3.63) is 12.2 Å². The number of ether oxygens (including phenoxy) is 4. The average molecular weight is 232 g/mol. The Balaban J connectivity index is 4.23. The van der Waals surface area contributed by atoms with Gasteiger partial charge in [-0.25, -0.2) is 9.59 Å². The molecule has 0 bridgehead atoms. The molecule has 0 fully saturated rings. The average Bonchev–Trinajstić information content (AvgIpc) is 2.27. The number of hydrogen-bond donors (Lipinski definition) is 0. The van der Waals surface area contributed by atoms with Crippen molar-refractivity contribution in [2.75, 3.05) is 14.2 Å². The maximum absolute atomic E-state index is 11.3. The molecule has 6 nitrogen and oxygen atoms in total. The smallest absolute Gasteiger partial charge is 0.347 e. The Morgan fingerprint density at radius 2 is 1.25 bits per heavy atom. The van der Waals surface area contributed by atoms with Gasteiger partial charge in [0.25, 0.3) is 0 Å². The van der Waals surface area contributed by atoms with Gasteiger partial charge in [-0.05, 0) is 13.8 Å². The SMILES string of the molecule is C=C(C(=O)OC(C)OC)C(=O)OC(C)OC. The van der Waals surface area contributed by atoms with Crippen LogP contribution in [0.15, 0.2) is 12.2 Å². The summed E-state index contributed by atoms with van der Waals surface area (Å²) in [7, 11) is 2.73. The monoisotopic (exact) mass is 232 g/mol. The van der Waals surface area contributed by atoms with E-state index in [-0.39, 0.29) is 0 Å². The van der Waals surface area contributed by atoms with E-state index in [1.165, 1.54) is 28.1 Å². The topological polar surface area (TPSA) is 71.1 Å². The third-order valence-electron chi connectivity index (χ3n) is 1.70. The summed E-state index contributed by atoms with van der Waals surface area (Å²) in [5, 5.41) is 0. The van der Waals surface area contributed by atoms with Crippen molar-refractivity contribution >= 4 is 11.9 Å². The van der Waals surface area contributed by atoms with Crippen LogP contribution < -0.4 is 0 Å². The molecular weight excluding hydrogens is 216 g/mol. The molecule has 0 rings (SSSR count). The lowest BCUT2D eigenvalue weighted by Crippen LogP contribution is -2.25. The predicted octanol–water partition coefficient (Wildman–Crippen LogP) is 0.614. The van der Waals surface area contributed by atoms with Crippen molar-refractivity contribution in [3.63, 3.8) is 0 Å². The molecule has 0 aromatic heterocycles. The molecule has 0 aliphatic rings. The summed E-state index contributed by atoms with van der Waals surface area (Å²) >= 11 is 0. The van der Waals surface area contributed by atoms with E-state index in [9.17, 15) is 9.59 Å². The fraction of sp³-hybridized carbons (Fsp3) is 0.600. The Morgan fingerprint density at radius 1 is 0.938 bits per heavy atom. The van der Waals surface area contributed by atoms with Gasteiger partial charge in [-0.1, -0.05) is 6.58 Å². The van der Waals surface area contributed by atoms with Gasteiger partial charge in [0.05, 0.1) is 0 Å². The minimum absolute atomic E-state index is 0.409. The highest BCUT2D eigenvalue weighted by Crippen LogP contribution is 2.04. The number of hydrogen-bond acceptors (Lipinski definition) is 6. The van der Waals surface area contributed by atoms with Gasteiger partial charge < -0.3 is 18.9 Å². The summed E-state index contributed by atoms with van der Waals surface area (Å²) < 4.78 is 18.8. The standard InChI is InChI=1S/C10H16O6/c1-6(9(11)15-7(2)13-4)10(12)16-8(3)14-5/h7-8H,1H2,2-5H3. The highest BCUT2D eigenvalue weighted by molar-refractivity contribution is 6.13. The largest absolute Gasteiger partial charge is 0.432 e. The van der Waals surface area contributed by atoms with E-state index >= 15 is 0 Å². The van der Waals surface area contributed by atoms with Gasteiger partial charge in [-0.2, -0.15) is 0 Å². The van der Waals surface area contributed by atoms with E-state index in [0.29, 0.717) is 0 Å². The second kappa shape index (κ2) is 6.97. The summed E-state index contributed by atoms with van der Waals surface area (Å²) in [4.78, 5) is 22.6. The van der Waals surface area contributed by atoms with Gasteiger partial charge >= 0.3 is 11.9 Å². The second-order valence-corrected chi connectivity index (χ2v) is 2.90. The molecule has 0 amide bonds. The molecule has 0 aromatic carbocycles. The van der Waals surface area contributed by atoms with Gasteiger partial charge in [0.1, 0.15) is 5.57 Å². The van der Waals surface area contributed by atoms with Gasteiger partial charge in [-0.3, -0.25) is 0 Å². The van der Waals surface area contributed by atoms with E-state index in [1.807, 2.05) is 0 Å². The van der Waals surface area contributed by atoms with Crippen molar-refractivity contribution < 1.29 is 28.5 Å². The lowest BCUT2D eigenvalue weighted by Gasteiger charge is -2.14. The minimum Gasteiger partial charge on any atom is -0.432 e. The Morgan fingerprint density at radius 3 is 1.50 bits per heavy atom. The van der Waals surface area contributed by atoms with Gasteiger partial charge in [0, 0.05) is 14.2 Å². The Kier molecular flexibility index (Phi) is 6.36. The number of esters is 2.